The van der Waals surface area contributed by atoms with Crippen molar-refractivity contribution in [2.75, 3.05) is 11.5 Å². The number of carbonyl (C=O) groups is 2. The maximum Gasteiger partial charge on any atom is 0.414 e. The molecule has 0 unspecified atom stereocenters. The molecule has 0 aromatic carbocycles. The second kappa shape index (κ2) is 11.3. The third-order valence-electron chi connectivity index (χ3n) is 2.93. The molecule has 25 heavy (non-hydrogen) atoms. The molecule has 6 N–H and O–H groups in total. The van der Waals surface area contributed by atoms with E-state index in [-0.39, 0.29) is 0 Å². The minimum absolute atomic E-state index is 0.561. The van der Waals surface area contributed by atoms with E-state index in [0.717, 1.165) is 35.7 Å². The van der Waals surface area contributed by atoms with Crippen LogP contribution in [-0.2, 0) is 22.4 Å². The smallest absolute Gasteiger partial charge is 0.414 e. The molecule has 0 bridgehead atoms. The van der Waals surface area contributed by atoms with Crippen LogP contribution in [0.4, 0.5) is 10.3 Å². The third kappa shape index (κ3) is 9.52. The molecule has 2 rings (SSSR count). The number of aryl methyl sites for hydroxylation is 2. The van der Waals surface area contributed by atoms with Crippen LogP contribution >= 0.6 is 22.7 Å². The van der Waals surface area contributed by atoms with Crippen LogP contribution in [0.15, 0.2) is 0 Å². The SMILES string of the molecule is Nc1nnc(CCCCCCCc2nnc(N)s2)s1.O=C(O)C(=O)O. The number of carboxylic acids is 2. The van der Waals surface area contributed by atoms with Crippen molar-refractivity contribution in [2.24, 2.45) is 0 Å². The first kappa shape index (κ1) is 20.7. The van der Waals surface area contributed by atoms with Gasteiger partial charge in [-0.3, -0.25) is 0 Å². The maximum atomic E-state index is 9.10. The molecule has 10 nitrogen and oxygen atoms in total. The Morgan fingerprint density at radius 2 is 1.08 bits per heavy atom. The standard InChI is InChI=1S/C11H18N6S2.C2H2O4/c12-10-16-14-8(18-10)6-4-2-1-3-5-7-9-15-17-11(13)19-9;3-1(4)2(5)6/h1-7H2,(H2,12,16)(H2,13,17);(H,3,4)(H,5,6). The molecule has 0 atom stereocenters. The molecule has 0 radical (unpaired) electrons. The summed E-state index contributed by atoms with van der Waals surface area (Å²) in [4.78, 5) is 18.2. The molecular formula is C13H20N6O4S2. The summed E-state index contributed by atoms with van der Waals surface area (Å²) in [5.41, 5.74) is 11.1. The van der Waals surface area contributed by atoms with E-state index in [9.17, 15) is 0 Å². The van der Waals surface area contributed by atoms with Gasteiger partial charge in [0.25, 0.3) is 0 Å². The molecule has 2 heterocycles. The van der Waals surface area contributed by atoms with E-state index in [1.54, 1.807) is 0 Å². The van der Waals surface area contributed by atoms with E-state index >= 15 is 0 Å². The Labute approximate surface area is 151 Å². The third-order valence-corrected chi connectivity index (χ3v) is 4.55. The van der Waals surface area contributed by atoms with E-state index in [1.165, 1.54) is 41.9 Å². The number of aliphatic carboxylic acids is 2. The fraction of sp³-hybridized carbons (Fsp3) is 0.538. The Bertz CT molecular complexity index is 619. The highest BCUT2D eigenvalue weighted by atomic mass is 32.1. The summed E-state index contributed by atoms with van der Waals surface area (Å²) in [5.74, 6) is -3.65. The van der Waals surface area contributed by atoms with Gasteiger partial charge in [-0.2, -0.15) is 0 Å². The highest BCUT2D eigenvalue weighted by Gasteiger charge is 2.04. The number of nitrogens with zero attached hydrogens (tertiary/aromatic N) is 4. The molecule has 0 saturated carbocycles. The van der Waals surface area contributed by atoms with E-state index in [4.69, 9.17) is 31.3 Å². The molecular weight excluding hydrogens is 368 g/mol. The lowest BCUT2D eigenvalue weighted by atomic mass is 10.1. The molecule has 0 aliphatic heterocycles. The monoisotopic (exact) mass is 388 g/mol. The largest absolute Gasteiger partial charge is 0.473 e. The topological polar surface area (TPSA) is 178 Å². The number of rotatable bonds is 8. The summed E-state index contributed by atoms with van der Waals surface area (Å²) in [6.45, 7) is 0. The minimum atomic E-state index is -1.82. The summed E-state index contributed by atoms with van der Waals surface area (Å²) in [7, 11) is 0. The van der Waals surface area contributed by atoms with Crippen molar-refractivity contribution in [3.05, 3.63) is 10.0 Å². The fourth-order valence-electron chi connectivity index (χ4n) is 1.82. The number of anilines is 2. The van der Waals surface area contributed by atoms with Gasteiger partial charge in [0.05, 0.1) is 0 Å². The van der Waals surface area contributed by atoms with Crippen molar-refractivity contribution < 1.29 is 19.8 Å². The van der Waals surface area contributed by atoms with E-state index in [2.05, 4.69) is 20.4 Å². The molecule has 12 heteroatoms. The van der Waals surface area contributed by atoms with Gasteiger partial charge in [-0.25, -0.2) is 9.59 Å². The summed E-state index contributed by atoms with van der Waals surface area (Å²) in [5, 5.41) is 33.6. The Balaban J connectivity index is 0.000000450. The summed E-state index contributed by atoms with van der Waals surface area (Å²) in [6.07, 6.45) is 7.96. The van der Waals surface area contributed by atoms with Gasteiger partial charge in [-0.05, 0) is 12.8 Å². The second-order valence-electron chi connectivity index (χ2n) is 4.95. The molecule has 2 aromatic rings. The summed E-state index contributed by atoms with van der Waals surface area (Å²) < 4.78 is 0. The Morgan fingerprint density at radius 1 is 0.720 bits per heavy atom. The van der Waals surface area contributed by atoms with E-state index in [1.807, 2.05) is 0 Å². The number of unbranched alkanes of at least 4 members (excludes halogenated alkanes) is 4. The first-order valence-electron chi connectivity index (χ1n) is 7.50. The van der Waals surface area contributed by atoms with E-state index < -0.39 is 11.9 Å². The van der Waals surface area contributed by atoms with Crippen LogP contribution in [0.25, 0.3) is 0 Å². The van der Waals surface area contributed by atoms with Gasteiger partial charge >= 0.3 is 11.9 Å². The second-order valence-corrected chi connectivity index (χ2v) is 7.13. The predicted octanol–water partition coefficient (Wildman–Crippen LogP) is 1.45. The van der Waals surface area contributed by atoms with Gasteiger partial charge in [0, 0.05) is 12.8 Å². The van der Waals surface area contributed by atoms with Crippen LogP contribution < -0.4 is 11.5 Å². The molecule has 0 fully saturated rings. The quantitative estimate of drug-likeness (QED) is 0.382. The highest BCUT2D eigenvalue weighted by Crippen LogP contribution is 2.16. The average molecular weight is 388 g/mol. The Hall–Kier alpha value is -2.34. The summed E-state index contributed by atoms with van der Waals surface area (Å²) >= 11 is 2.97. The van der Waals surface area contributed by atoms with Crippen LogP contribution in [0, 0.1) is 0 Å². The van der Waals surface area contributed by atoms with Crippen LogP contribution in [0.1, 0.15) is 42.1 Å². The normalized spacial score (nSPS) is 10.1. The molecule has 0 amide bonds. The molecule has 138 valence electrons. The van der Waals surface area contributed by atoms with E-state index in [0.29, 0.717) is 10.3 Å². The van der Waals surface area contributed by atoms with Gasteiger partial charge < -0.3 is 21.7 Å². The zero-order valence-electron chi connectivity index (χ0n) is 13.4. The first-order chi connectivity index (χ1) is 11.9. The number of hydrogen-bond acceptors (Lipinski definition) is 10. The molecule has 0 saturated heterocycles. The molecule has 2 aromatic heterocycles. The van der Waals surface area contributed by atoms with Crippen LogP contribution in [0.5, 0.6) is 0 Å². The highest BCUT2D eigenvalue weighted by molar-refractivity contribution is 7.15. The van der Waals surface area contributed by atoms with Gasteiger partial charge in [0.15, 0.2) is 0 Å². The predicted molar refractivity (Wildman–Crippen MR) is 94.4 cm³/mol. The lowest BCUT2D eigenvalue weighted by Crippen LogP contribution is -2.09. The average Bonchev–Trinajstić information content (AvgIpc) is 3.15. The van der Waals surface area contributed by atoms with Crippen molar-refractivity contribution in [3.8, 4) is 0 Å². The van der Waals surface area contributed by atoms with Crippen molar-refractivity contribution in [1.29, 1.82) is 0 Å². The number of hydrogen-bond donors (Lipinski definition) is 4. The zero-order valence-corrected chi connectivity index (χ0v) is 15.1. The minimum Gasteiger partial charge on any atom is -0.473 e. The van der Waals surface area contributed by atoms with Crippen molar-refractivity contribution in [1.82, 2.24) is 20.4 Å². The molecule has 0 aliphatic carbocycles. The van der Waals surface area contributed by atoms with Crippen molar-refractivity contribution >= 4 is 44.9 Å². The lowest BCUT2D eigenvalue weighted by molar-refractivity contribution is -0.159. The molecule has 0 spiro atoms. The van der Waals surface area contributed by atoms with Crippen LogP contribution in [-0.4, -0.2) is 42.5 Å². The van der Waals surface area contributed by atoms with Gasteiger partial charge in [-0.1, -0.05) is 41.9 Å². The Kier molecular flexibility index (Phi) is 9.32. The zero-order chi connectivity index (χ0) is 18.7. The van der Waals surface area contributed by atoms with Gasteiger partial charge in [0.1, 0.15) is 10.0 Å². The van der Waals surface area contributed by atoms with Gasteiger partial charge in [0.2, 0.25) is 10.3 Å². The van der Waals surface area contributed by atoms with Crippen molar-refractivity contribution in [2.45, 2.75) is 44.9 Å². The van der Waals surface area contributed by atoms with Gasteiger partial charge in [-0.15, -0.1) is 20.4 Å². The fourth-order valence-corrected chi connectivity index (χ4v) is 3.12. The Morgan fingerprint density at radius 3 is 1.36 bits per heavy atom. The number of aromatic nitrogens is 4. The summed E-state index contributed by atoms with van der Waals surface area (Å²) in [6, 6.07) is 0. The molecule has 0 aliphatic rings. The number of carboxylic acid groups (broad SMARTS) is 2. The lowest BCUT2D eigenvalue weighted by Gasteiger charge is -1.99. The van der Waals surface area contributed by atoms with Crippen LogP contribution in [0.2, 0.25) is 0 Å². The van der Waals surface area contributed by atoms with Crippen molar-refractivity contribution in [3.63, 3.8) is 0 Å². The maximum absolute atomic E-state index is 9.10. The number of nitrogens with two attached hydrogens (primary N) is 2. The number of nitrogen functional groups attached to an aromatic ring is 2. The van der Waals surface area contributed by atoms with Crippen LogP contribution in [0.3, 0.4) is 0 Å². The first-order valence-corrected chi connectivity index (χ1v) is 9.13.